The number of methoxy groups -OCH3 is 1. The van der Waals surface area contributed by atoms with E-state index in [4.69, 9.17) is 21.1 Å². The zero-order valence-corrected chi connectivity index (χ0v) is 34.2. The highest BCUT2D eigenvalue weighted by atomic mass is 35.5. The Hall–Kier alpha value is -3.87. The van der Waals surface area contributed by atoms with Gasteiger partial charge >= 0.3 is 5.97 Å². The van der Waals surface area contributed by atoms with E-state index in [1.165, 1.54) is 23.1 Å². The number of halogens is 1. The number of benzene rings is 2. The Balaban J connectivity index is 1.27. The topological polar surface area (TPSA) is 143 Å². The van der Waals surface area contributed by atoms with Crippen LogP contribution in [-0.2, 0) is 36.2 Å². The summed E-state index contributed by atoms with van der Waals surface area (Å²) >= 11 is 6.45. The van der Waals surface area contributed by atoms with Gasteiger partial charge in [-0.25, -0.2) is 13.1 Å². The summed E-state index contributed by atoms with van der Waals surface area (Å²) in [7, 11) is -3.17. The van der Waals surface area contributed by atoms with Crippen molar-refractivity contribution in [1.29, 1.82) is 0 Å². The lowest BCUT2D eigenvalue weighted by atomic mass is 9.68. The molecular weight excluding hydrogens is 754 g/mol. The van der Waals surface area contributed by atoms with E-state index in [0.717, 1.165) is 44.9 Å². The summed E-state index contributed by atoms with van der Waals surface area (Å²) in [4.78, 5) is 43.4. The van der Waals surface area contributed by atoms with E-state index in [-0.39, 0.29) is 60.6 Å². The van der Waals surface area contributed by atoms with Gasteiger partial charge in [0.05, 0.1) is 31.4 Å². The van der Waals surface area contributed by atoms with Crippen LogP contribution in [0.4, 0.5) is 5.69 Å². The quantitative estimate of drug-likeness (QED) is 0.165. The van der Waals surface area contributed by atoms with Crippen molar-refractivity contribution >= 4 is 45.1 Å². The van der Waals surface area contributed by atoms with Crippen LogP contribution in [0.3, 0.4) is 0 Å². The van der Waals surface area contributed by atoms with Crippen molar-refractivity contribution in [2.45, 2.75) is 94.3 Å². The number of nitrogens with zero attached hydrogens (tertiary/aromatic N) is 2. The van der Waals surface area contributed by atoms with Gasteiger partial charge in [-0.05, 0) is 118 Å². The molecule has 0 unspecified atom stereocenters. The van der Waals surface area contributed by atoms with Crippen molar-refractivity contribution in [3.8, 4) is 5.75 Å². The summed E-state index contributed by atoms with van der Waals surface area (Å²) in [6.07, 6.45) is 12.5. The average molecular weight is 810 g/mol. The van der Waals surface area contributed by atoms with E-state index >= 15 is 0 Å². The normalized spacial score (nSPS) is 23.6. The number of anilines is 1. The Kier molecular flexibility index (Phi) is 13.5. The van der Waals surface area contributed by atoms with Gasteiger partial charge in [-0.1, -0.05) is 49.2 Å². The number of ether oxygens (including phenoxy) is 2. The number of hydrogen-bond acceptors (Lipinski definition) is 9. The molecule has 0 radical (unpaired) electrons. The zero-order valence-electron chi connectivity index (χ0n) is 32.6. The molecule has 1 saturated heterocycles. The van der Waals surface area contributed by atoms with E-state index in [1.54, 1.807) is 24.3 Å². The van der Waals surface area contributed by atoms with Crippen LogP contribution in [0, 0.1) is 17.8 Å². The minimum Gasteiger partial charge on any atom is -0.490 e. The van der Waals surface area contributed by atoms with Gasteiger partial charge in [0.25, 0.3) is 5.91 Å². The van der Waals surface area contributed by atoms with E-state index in [1.807, 2.05) is 18.2 Å². The van der Waals surface area contributed by atoms with E-state index in [0.29, 0.717) is 49.0 Å². The molecular formula is C43H56ClN3O8S. The monoisotopic (exact) mass is 809 g/mol. The second kappa shape index (κ2) is 18.2. The molecule has 2 aliphatic carbocycles. The molecule has 11 nitrogen and oxygen atoms in total. The van der Waals surface area contributed by atoms with Gasteiger partial charge in [-0.2, -0.15) is 0 Å². The Morgan fingerprint density at radius 2 is 1.91 bits per heavy atom. The van der Waals surface area contributed by atoms with Crippen molar-refractivity contribution in [1.82, 2.24) is 9.62 Å². The maximum Gasteiger partial charge on any atom is 0.308 e. The number of allylic oxidation sites excluding steroid dienone is 2. The number of unbranched alkanes of at least 4 members (excludes halogenated alkanes) is 1. The highest BCUT2D eigenvalue weighted by molar-refractivity contribution is 7.91. The third kappa shape index (κ3) is 9.13. The fraction of sp³-hybridized carbons (Fsp3) is 0.558. The predicted octanol–water partition coefficient (Wildman–Crippen LogP) is 6.36. The molecule has 2 aromatic rings. The number of aliphatic hydroxyl groups excluding tert-OH is 1. The summed E-state index contributed by atoms with van der Waals surface area (Å²) in [6.45, 7) is 7.88. The van der Waals surface area contributed by atoms with Gasteiger partial charge in [0.1, 0.15) is 5.75 Å². The second-order valence-corrected chi connectivity index (χ2v) is 18.2. The largest absolute Gasteiger partial charge is 0.490 e. The third-order valence-electron chi connectivity index (χ3n) is 12.3. The van der Waals surface area contributed by atoms with Crippen LogP contribution < -0.4 is 14.4 Å². The summed E-state index contributed by atoms with van der Waals surface area (Å²) in [5, 5.41) is 10.3. The SMILES string of the molecule is C=CCC[C@@H](C(=O)N1CCC(C(=O)OC)CC1)S(=O)(=O)NC(=O)c1ccc2c(c1)N(C[C@@H]1CC[C@H]1[C@@H](O)/C=C/CCC)C[C@@]1(CCCc3cc(Cl)ccc31)CO2. The van der Waals surface area contributed by atoms with Crippen molar-refractivity contribution in [2.24, 2.45) is 17.8 Å². The lowest BCUT2D eigenvalue weighted by Gasteiger charge is -2.45. The highest BCUT2D eigenvalue weighted by Crippen LogP contribution is 2.46. The molecule has 304 valence electrons. The molecule has 56 heavy (non-hydrogen) atoms. The standard InChI is InChI=1S/C43H56ClN3O8S/c1-4-6-8-11-37(48)34-16-13-32(34)26-47-27-43(21-9-10-30-24-33(44)15-17-35(30)43)28-55-38-18-14-31(25-36(38)47)40(49)45-56(52,53)39(12-7-5-2)41(50)46-22-19-29(20-23-46)42(51)54-3/h5,8,11,14-15,17-18,24-25,29,32,34,37,39,48H,2,4,6-7,9-10,12-13,16,19-23,26-28H2,1,3H3,(H,45,49)/b11-8+/t32-,34+,37-,39-,43-/m0/s1. The lowest BCUT2D eigenvalue weighted by Crippen LogP contribution is -2.51. The first kappa shape index (κ1) is 41.8. The van der Waals surface area contributed by atoms with Gasteiger partial charge < -0.3 is 24.4 Å². The first-order valence-electron chi connectivity index (χ1n) is 20.1. The zero-order chi connectivity index (χ0) is 40.0. The number of aliphatic hydroxyl groups is 1. The third-order valence-corrected chi connectivity index (χ3v) is 14.2. The average Bonchev–Trinajstić information content (AvgIpc) is 3.32. The number of likely N-dealkylation sites (tertiary alicyclic amines) is 1. The van der Waals surface area contributed by atoms with E-state index < -0.39 is 33.2 Å². The summed E-state index contributed by atoms with van der Waals surface area (Å²) in [5.41, 5.74) is 2.85. The first-order valence-corrected chi connectivity index (χ1v) is 22.0. The van der Waals surface area contributed by atoms with Crippen LogP contribution in [0.15, 0.2) is 61.2 Å². The number of carbonyl (C=O) groups excluding carboxylic acids is 3. The number of amides is 2. The molecule has 2 aromatic carbocycles. The smallest absolute Gasteiger partial charge is 0.308 e. The van der Waals surface area contributed by atoms with Gasteiger partial charge in [-0.3, -0.25) is 14.4 Å². The first-order chi connectivity index (χ1) is 26.9. The molecule has 0 aromatic heterocycles. The number of piperidine rings is 1. The highest BCUT2D eigenvalue weighted by Gasteiger charge is 2.45. The minimum absolute atomic E-state index is 0.0511. The number of carbonyl (C=O) groups is 3. The number of sulfonamides is 1. The number of nitrogens with one attached hydrogen (secondary N) is 1. The van der Waals surface area contributed by atoms with Crippen LogP contribution in [0.2, 0.25) is 5.02 Å². The fourth-order valence-corrected chi connectivity index (χ4v) is 10.6. The number of fused-ring (bicyclic) bond motifs is 3. The van der Waals surface area contributed by atoms with Crippen molar-refractivity contribution in [3.05, 3.63) is 82.9 Å². The van der Waals surface area contributed by atoms with Gasteiger partial charge in [0.15, 0.2) is 5.25 Å². The van der Waals surface area contributed by atoms with Crippen LogP contribution in [0.1, 0.15) is 92.6 Å². The lowest BCUT2D eigenvalue weighted by molar-refractivity contribution is -0.148. The van der Waals surface area contributed by atoms with Gasteiger partial charge in [-0.15, -0.1) is 6.58 Å². The second-order valence-electron chi connectivity index (χ2n) is 15.9. The van der Waals surface area contributed by atoms with Gasteiger partial charge in [0.2, 0.25) is 15.9 Å². The number of aryl methyl sites for hydroxylation is 1. The molecule has 2 heterocycles. The summed E-state index contributed by atoms with van der Waals surface area (Å²) in [5.74, 6) is -1.28. The van der Waals surface area contributed by atoms with Crippen LogP contribution in [-0.4, -0.2) is 87.5 Å². The summed E-state index contributed by atoms with van der Waals surface area (Å²) < 4.78 is 41.5. The van der Waals surface area contributed by atoms with Gasteiger partial charge in [0, 0.05) is 42.2 Å². The molecule has 6 rings (SSSR count). The number of hydrogen-bond donors (Lipinski definition) is 2. The Labute approximate surface area is 336 Å². The van der Waals surface area contributed by atoms with Crippen LogP contribution in [0.25, 0.3) is 0 Å². The van der Waals surface area contributed by atoms with Crippen molar-refractivity contribution < 1.29 is 37.4 Å². The van der Waals surface area contributed by atoms with Crippen molar-refractivity contribution in [3.63, 3.8) is 0 Å². The molecule has 2 N–H and O–H groups in total. The fourth-order valence-electron chi connectivity index (χ4n) is 9.00. The predicted molar refractivity (Wildman–Crippen MR) is 217 cm³/mol. The van der Waals surface area contributed by atoms with Crippen LogP contribution >= 0.6 is 11.6 Å². The number of esters is 1. The van der Waals surface area contributed by atoms with Crippen molar-refractivity contribution in [2.75, 3.05) is 44.8 Å². The molecule has 0 bridgehead atoms. The summed E-state index contributed by atoms with van der Waals surface area (Å²) in [6, 6.07) is 11.0. The molecule has 13 heteroatoms. The number of rotatable bonds is 14. The van der Waals surface area contributed by atoms with E-state index in [2.05, 4.69) is 35.3 Å². The maximum atomic E-state index is 13.9. The Morgan fingerprint density at radius 3 is 2.61 bits per heavy atom. The minimum atomic E-state index is -4.49. The molecule has 2 aliphatic heterocycles. The maximum absolute atomic E-state index is 13.9. The Bertz CT molecular complexity index is 1910. The molecule has 2 fully saturated rings. The van der Waals surface area contributed by atoms with E-state index in [9.17, 15) is 27.9 Å². The van der Waals surface area contributed by atoms with Crippen LogP contribution in [0.5, 0.6) is 5.75 Å². The molecule has 4 aliphatic rings. The molecule has 2 amide bonds. The Morgan fingerprint density at radius 1 is 1.12 bits per heavy atom. The molecule has 1 saturated carbocycles. The molecule has 5 atom stereocenters. The molecule has 1 spiro atoms.